The van der Waals surface area contributed by atoms with Crippen molar-refractivity contribution < 1.29 is 23.9 Å². The van der Waals surface area contributed by atoms with Crippen LogP contribution in [0.4, 0.5) is 4.79 Å². The zero-order chi connectivity index (χ0) is 19.6. The van der Waals surface area contributed by atoms with Gasteiger partial charge in [-0.2, -0.15) is 0 Å². The lowest BCUT2D eigenvalue weighted by atomic mass is 10.1. The number of amides is 3. The van der Waals surface area contributed by atoms with Crippen LogP contribution in [-0.2, 0) is 20.7 Å². The van der Waals surface area contributed by atoms with E-state index in [1.54, 1.807) is 23.8 Å². The van der Waals surface area contributed by atoms with Gasteiger partial charge in [-0.3, -0.25) is 9.59 Å². The summed E-state index contributed by atoms with van der Waals surface area (Å²) in [5.41, 5.74) is 1.00. The first-order chi connectivity index (χ1) is 13.0. The summed E-state index contributed by atoms with van der Waals surface area (Å²) in [5, 5.41) is 2.77. The Morgan fingerprint density at radius 2 is 1.74 bits per heavy atom. The Balaban J connectivity index is 1.70. The van der Waals surface area contributed by atoms with Gasteiger partial charge < -0.3 is 24.6 Å². The summed E-state index contributed by atoms with van der Waals surface area (Å²) in [6.45, 7) is 4.17. The van der Waals surface area contributed by atoms with Gasteiger partial charge in [0.05, 0.1) is 13.7 Å². The van der Waals surface area contributed by atoms with Gasteiger partial charge in [0.1, 0.15) is 12.2 Å². The maximum absolute atomic E-state index is 12.3. The Morgan fingerprint density at radius 3 is 2.41 bits per heavy atom. The third-order valence-corrected chi connectivity index (χ3v) is 4.38. The Hall–Kier alpha value is -2.77. The second-order valence-corrected chi connectivity index (χ2v) is 6.16. The summed E-state index contributed by atoms with van der Waals surface area (Å²) >= 11 is 0. The molecule has 1 aliphatic heterocycles. The van der Waals surface area contributed by atoms with Crippen LogP contribution in [0, 0.1) is 0 Å². The van der Waals surface area contributed by atoms with E-state index in [0.29, 0.717) is 45.8 Å². The van der Waals surface area contributed by atoms with Crippen molar-refractivity contribution in [2.75, 3.05) is 46.4 Å². The molecule has 1 aromatic carbocycles. The minimum atomic E-state index is -0.362. The molecule has 8 heteroatoms. The van der Waals surface area contributed by atoms with Gasteiger partial charge in [-0.1, -0.05) is 18.2 Å². The van der Waals surface area contributed by atoms with Crippen LogP contribution in [0.3, 0.4) is 0 Å². The molecule has 1 aliphatic rings. The molecule has 8 nitrogen and oxygen atoms in total. The highest BCUT2D eigenvalue weighted by Crippen LogP contribution is 2.17. The average Bonchev–Trinajstić information content (AvgIpc) is 2.68. The number of nitrogens with zero attached hydrogens (tertiary/aromatic N) is 2. The fourth-order valence-electron chi connectivity index (χ4n) is 2.91. The Morgan fingerprint density at radius 1 is 1.07 bits per heavy atom. The van der Waals surface area contributed by atoms with Crippen molar-refractivity contribution >= 4 is 17.9 Å². The van der Waals surface area contributed by atoms with Crippen LogP contribution in [0.1, 0.15) is 18.9 Å². The van der Waals surface area contributed by atoms with Crippen LogP contribution in [0.15, 0.2) is 24.3 Å². The molecule has 0 spiro atoms. The molecule has 0 radical (unpaired) electrons. The maximum Gasteiger partial charge on any atom is 0.409 e. The third kappa shape index (κ3) is 6.16. The molecule has 148 valence electrons. The molecule has 1 heterocycles. The van der Waals surface area contributed by atoms with E-state index in [1.807, 2.05) is 24.3 Å². The van der Waals surface area contributed by atoms with Gasteiger partial charge >= 0.3 is 6.09 Å². The Labute approximate surface area is 159 Å². The number of ether oxygens (including phenoxy) is 2. The van der Waals surface area contributed by atoms with E-state index in [1.165, 1.54) is 0 Å². The zero-order valence-corrected chi connectivity index (χ0v) is 15.9. The lowest BCUT2D eigenvalue weighted by molar-refractivity contribution is -0.137. The molecule has 0 atom stereocenters. The van der Waals surface area contributed by atoms with Crippen molar-refractivity contribution in [2.24, 2.45) is 0 Å². The van der Waals surface area contributed by atoms with E-state index >= 15 is 0 Å². The van der Waals surface area contributed by atoms with Crippen LogP contribution in [0.25, 0.3) is 0 Å². The predicted octanol–water partition coefficient (Wildman–Crippen LogP) is 1.04. The number of hydrogen-bond donors (Lipinski definition) is 1. The van der Waals surface area contributed by atoms with E-state index in [2.05, 4.69) is 5.32 Å². The van der Waals surface area contributed by atoms with Crippen molar-refractivity contribution in [3.05, 3.63) is 29.8 Å². The molecule has 0 aromatic heterocycles. The predicted molar refractivity (Wildman–Crippen MR) is 99.5 cm³/mol. The molecule has 27 heavy (non-hydrogen) atoms. The summed E-state index contributed by atoms with van der Waals surface area (Å²) in [5.74, 6) is 0.248. The van der Waals surface area contributed by atoms with Gasteiger partial charge in [0.25, 0.3) is 0 Å². The molecule has 0 bridgehead atoms. The fraction of sp³-hybridized carbons (Fsp3) is 0.526. The first kappa shape index (κ1) is 20.5. The number of para-hydroxylation sites is 1. The highest BCUT2D eigenvalue weighted by Gasteiger charge is 2.25. The largest absolute Gasteiger partial charge is 0.496 e. The number of carbonyl (C=O) groups excluding carboxylic acids is 3. The van der Waals surface area contributed by atoms with Crippen LogP contribution < -0.4 is 10.1 Å². The quantitative estimate of drug-likeness (QED) is 0.718. The minimum absolute atomic E-state index is 0.189. The lowest BCUT2D eigenvalue weighted by Gasteiger charge is -2.34. The van der Waals surface area contributed by atoms with E-state index in [4.69, 9.17) is 9.47 Å². The third-order valence-electron chi connectivity index (χ3n) is 4.38. The molecular formula is C19H27N3O5. The number of methoxy groups -OCH3 is 1. The van der Waals surface area contributed by atoms with Crippen molar-refractivity contribution in [1.29, 1.82) is 0 Å². The molecule has 1 N–H and O–H groups in total. The van der Waals surface area contributed by atoms with Gasteiger partial charge in [-0.15, -0.1) is 0 Å². The number of nitrogens with one attached hydrogen (secondary N) is 1. The highest BCUT2D eigenvalue weighted by atomic mass is 16.6. The van der Waals surface area contributed by atoms with E-state index in [0.717, 1.165) is 11.3 Å². The Kier molecular flexibility index (Phi) is 7.91. The molecule has 1 fully saturated rings. The summed E-state index contributed by atoms with van der Waals surface area (Å²) in [4.78, 5) is 39.1. The van der Waals surface area contributed by atoms with Gasteiger partial charge in [0, 0.05) is 32.7 Å². The second kappa shape index (κ2) is 10.4. The smallest absolute Gasteiger partial charge is 0.409 e. The molecule has 1 aromatic rings. The summed E-state index contributed by atoms with van der Waals surface area (Å²) in [6.07, 6.45) is 0.0757. The van der Waals surface area contributed by atoms with E-state index in [9.17, 15) is 14.4 Å². The first-order valence-corrected chi connectivity index (χ1v) is 9.13. The molecule has 0 unspecified atom stereocenters. The highest BCUT2D eigenvalue weighted by molar-refractivity contribution is 5.97. The van der Waals surface area contributed by atoms with Gasteiger partial charge in [0.15, 0.2) is 0 Å². The molecule has 0 saturated carbocycles. The van der Waals surface area contributed by atoms with Crippen LogP contribution in [0.5, 0.6) is 5.75 Å². The number of rotatable bonds is 7. The van der Waals surface area contributed by atoms with E-state index < -0.39 is 0 Å². The maximum atomic E-state index is 12.3. The van der Waals surface area contributed by atoms with Gasteiger partial charge in [-0.25, -0.2) is 4.79 Å². The Bertz CT molecular complexity index is 657. The van der Waals surface area contributed by atoms with E-state index in [-0.39, 0.29) is 24.3 Å². The average molecular weight is 377 g/mol. The van der Waals surface area contributed by atoms with Crippen LogP contribution in [-0.4, -0.2) is 74.1 Å². The van der Waals surface area contributed by atoms with Crippen molar-refractivity contribution in [2.45, 2.75) is 19.8 Å². The number of hydrogen-bond acceptors (Lipinski definition) is 5. The number of carbonyl (C=O) groups is 3. The number of piperazine rings is 1. The molecule has 2 rings (SSSR count). The molecule has 0 aliphatic carbocycles. The normalized spacial score (nSPS) is 13.9. The van der Waals surface area contributed by atoms with Crippen molar-refractivity contribution in [3.8, 4) is 5.75 Å². The van der Waals surface area contributed by atoms with Crippen molar-refractivity contribution in [1.82, 2.24) is 15.1 Å². The topological polar surface area (TPSA) is 88.2 Å². The fourth-order valence-corrected chi connectivity index (χ4v) is 2.91. The van der Waals surface area contributed by atoms with Gasteiger partial charge in [-0.05, 0) is 25.0 Å². The first-order valence-electron chi connectivity index (χ1n) is 9.13. The van der Waals surface area contributed by atoms with Gasteiger partial charge in [0.2, 0.25) is 11.8 Å². The van der Waals surface area contributed by atoms with Crippen molar-refractivity contribution in [3.63, 3.8) is 0 Å². The standard InChI is InChI=1S/C19H27N3O5/c1-3-27-19(25)22-12-10-21(11-13-22)18(24)14-17(23)20-9-8-15-6-4-5-7-16(15)26-2/h4-7H,3,8-14H2,1-2H3,(H,20,23). The monoisotopic (exact) mass is 377 g/mol. The van der Waals surface area contributed by atoms with Crippen LogP contribution >= 0.6 is 0 Å². The van der Waals surface area contributed by atoms with Crippen LogP contribution in [0.2, 0.25) is 0 Å². The lowest BCUT2D eigenvalue weighted by Crippen LogP contribution is -2.51. The zero-order valence-electron chi connectivity index (χ0n) is 15.9. The molecule has 1 saturated heterocycles. The SMILES string of the molecule is CCOC(=O)N1CCN(C(=O)CC(=O)NCCc2ccccc2OC)CC1. The number of benzene rings is 1. The second-order valence-electron chi connectivity index (χ2n) is 6.16. The minimum Gasteiger partial charge on any atom is -0.496 e. The summed E-state index contributed by atoms with van der Waals surface area (Å²) < 4.78 is 10.2. The molecule has 3 amide bonds. The summed E-state index contributed by atoms with van der Waals surface area (Å²) in [7, 11) is 1.61. The summed E-state index contributed by atoms with van der Waals surface area (Å²) in [6, 6.07) is 7.62. The molecular weight excluding hydrogens is 350 g/mol.